The van der Waals surface area contributed by atoms with Gasteiger partial charge in [-0.05, 0) is 42.5 Å². The van der Waals surface area contributed by atoms with E-state index >= 15 is 0 Å². The average molecular weight is 280 g/mol. The molecule has 0 amide bonds. The van der Waals surface area contributed by atoms with Crippen LogP contribution >= 0.6 is 23.2 Å². The van der Waals surface area contributed by atoms with Gasteiger partial charge in [-0.1, -0.05) is 23.2 Å². The van der Waals surface area contributed by atoms with E-state index in [1.165, 1.54) is 12.1 Å². The first-order chi connectivity index (χ1) is 8.69. The van der Waals surface area contributed by atoms with Crippen molar-refractivity contribution in [1.29, 1.82) is 0 Å². The highest BCUT2D eigenvalue weighted by atomic mass is 35.5. The van der Waals surface area contributed by atoms with Gasteiger partial charge in [-0.25, -0.2) is 4.79 Å². The minimum absolute atomic E-state index is 0.326. The largest absolute Gasteiger partial charge is 0.455 e. The molecule has 0 aliphatic carbocycles. The molecule has 0 unspecified atom stereocenters. The van der Waals surface area contributed by atoms with Gasteiger partial charge in [-0.15, -0.1) is 0 Å². The van der Waals surface area contributed by atoms with Gasteiger partial charge >= 0.3 is 0 Å². The minimum Gasteiger partial charge on any atom is -0.455 e. The predicted octanol–water partition coefficient (Wildman–Crippen LogP) is 4.75. The highest BCUT2D eigenvalue weighted by molar-refractivity contribution is 6.31. The Balaban J connectivity index is 2.33. The summed E-state index contributed by atoms with van der Waals surface area (Å²) in [5.41, 5.74) is 0.326. The lowest BCUT2D eigenvalue weighted by molar-refractivity contribution is 0.484. The number of hydrogen-bond donors (Lipinski definition) is 0. The fourth-order valence-corrected chi connectivity index (χ4v) is 1.64. The van der Waals surface area contributed by atoms with Gasteiger partial charge < -0.3 is 4.74 Å². The zero-order valence-corrected chi connectivity index (χ0v) is 10.6. The van der Waals surface area contributed by atoms with Gasteiger partial charge in [-0.2, -0.15) is 4.99 Å². The standard InChI is InChI=1S/C13H7Cl2NO2/c14-9-1-4-11(5-2-9)18-13-6-3-10(15)7-12(13)16-8-17/h1-7H. The Bertz CT molecular complexity index is 605. The quantitative estimate of drug-likeness (QED) is 0.601. The lowest BCUT2D eigenvalue weighted by Gasteiger charge is -2.07. The van der Waals surface area contributed by atoms with Crippen LogP contribution in [0.3, 0.4) is 0 Å². The van der Waals surface area contributed by atoms with Crippen LogP contribution in [0.25, 0.3) is 0 Å². The first kappa shape index (κ1) is 12.7. The number of isocyanates is 1. The Morgan fingerprint density at radius 3 is 2.33 bits per heavy atom. The molecule has 0 saturated heterocycles. The number of carbonyl (C=O) groups excluding carboxylic acids is 1. The van der Waals surface area contributed by atoms with Crippen LogP contribution in [0.1, 0.15) is 0 Å². The van der Waals surface area contributed by atoms with E-state index in [2.05, 4.69) is 4.99 Å². The van der Waals surface area contributed by atoms with E-state index in [-0.39, 0.29) is 0 Å². The molecule has 0 aliphatic rings. The lowest BCUT2D eigenvalue weighted by atomic mass is 10.3. The van der Waals surface area contributed by atoms with Crippen LogP contribution in [-0.4, -0.2) is 6.08 Å². The monoisotopic (exact) mass is 279 g/mol. The molecule has 90 valence electrons. The molecular weight excluding hydrogens is 273 g/mol. The van der Waals surface area contributed by atoms with Gasteiger partial charge in [0.1, 0.15) is 11.4 Å². The molecule has 0 spiro atoms. The van der Waals surface area contributed by atoms with Crippen molar-refractivity contribution in [3.05, 3.63) is 52.5 Å². The molecule has 2 aromatic carbocycles. The molecule has 0 saturated carbocycles. The van der Waals surface area contributed by atoms with Crippen LogP contribution in [0.2, 0.25) is 10.0 Å². The second kappa shape index (κ2) is 5.69. The van der Waals surface area contributed by atoms with Gasteiger partial charge in [0.2, 0.25) is 6.08 Å². The molecule has 0 heterocycles. The maximum Gasteiger partial charge on any atom is 0.240 e. The lowest BCUT2D eigenvalue weighted by Crippen LogP contribution is -1.84. The highest BCUT2D eigenvalue weighted by Gasteiger charge is 2.05. The number of aliphatic imine (C=N–C) groups is 1. The Hall–Kier alpha value is -1.80. The van der Waals surface area contributed by atoms with Crippen molar-refractivity contribution in [2.75, 3.05) is 0 Å². The predicted molar refractivity (Wildman–Crippen MR) is 70.8 cm³/mol. The van der Waals surface area contributed by atoms with Crippen LogP contribution in [-0.2, 0) is 4.79 Å². The van der Waals surface area contributed by atoms with Gasteiger partial charge in [0.25, 0.3) is 0 Å². The SMILES string of the molecule is O=C=Nc1cc(Cl)ccc1Oc1ccc(Cl)cc1. The Morgan fingerprint density at radius 2 is 1.67 bits per heavy atom. The van der Waals surface area contributed by atoms with E-state index in [9.17, 15) is 4.79 Å². The summed E-state index contributed by atoms with van der Waals surface area (Å²) in [6.45, 7) is 0. The van der Waals surface area contributed by atoms with Crippen LogP contribution < -0.4 is 4.74 Å². The van der Waals surface area contributed by atoms with E-state index in [4.69, 9.17) is 27.9 Å². The molecule has 3 nitrogen and oxygen atoms in total. The number of benzene rings is 2. The summed E-state index contributed by atoms with van der Waals surface area (Å²) in [5, 5.41) is 1.08. The average Bonchev–Trinajstić information content (AvgIpc) is 2.36. The third-order valence-corrected chi connectivity index (χ3v) is 2.62. The van der Waals surface area contributed by atoms with E-state index in [0.29, 0.717) is 27.2 Å². The van der Waals surface area contributed by atoms with E-state index in [1.807, 2.05) is 0 Å². The Labute approximate surface area is 114 Å². The van der Waals surface area contributed by atoms with Gasteiger partial charge in [-0.3, -0.25) is 0 Å². The molecular formula is C13H7Cl2NO2. The van der Waals surface area contributed by atoms with E-state index in [0.717, 1.165) is 0 Å². The zero-order valence-electron chi connectivity index (χ0n) is 9.06. The summed E-state index contributed by atoms with van der Waals surface area (Å²) in [6.07, 6.45) is 1.46. The third-order valence-electron chi connectivity index (χ3n) is 2.13. The van der Waals surface area contributed by atoms with Crippen molar-refractivity contribution >= 4 is 35.0 Å². The number of rotatable bonds is 3. The number of hydrogen-bond acceptors (Lipinski definition) is 3. The summed E-state index contributed by atoms with van der Waals surface area (Å²) in [5.74, 6) is 1.01. The molecule has 0 aromatic heterocycles. The first-order valence-corrected chi connectivity index (χ1v) is 5.75. The normalized spacial score (nSPS) is 9.67. The molecule has 0 N–H and O–H groups in total. The van der Waals surface area contributed by atoms with Crippen molar-refractivity contribution in [3.8, 4) is 11.5 Å². The van der Waals surface area contributed by atoms with Crippen molar-refractivity contribution in [2.24, 2.45) is 4.99 Å². The van der Waals surface area contributed by atoms with Crippen LogP contribution in [0.4, 0.5) is 5.69 Å². The van der Waals surface area contributed by atoms with Crippen LogP contribution in [0.15, 0.2) is 47.5 Å². The number of ether oxygens (including phenoxy) is 1. The van der Waals surface area contributed by atoms with Crippen LogP contribution in [0.5, 0.6) is 11.5 Å². The molecule has 0 atom stereocenters. The smallest absolute Gasteiger partial charge is 0.240 e. The molecule has 0 aliphatic heterocycles. The fourth-order valence-electron chi connectivity index (χ4n) is 1.34. The fraction of sp³-hybridized carbons (Fsp3) is 0. The molecule has 5 heteroatoms. The number of nitrogens with zero attached hydrogens (tertiary/aromatic N) is 1. The maximum atomic E-state index is 10.3. The third kappa shape index (κ3) is 3.11. The molecule has 18 heavy (non-hydrogen) atoms. The minimum atomic E-state index is 0.326. The van der Waals surface area contributed by atoms with Crippen molar-refractivity contribution in [3.63, 3.8) is 0 Å². The second-order valence-electron chi connectivity index (χ2n) is 3.37. The van der Waals surface area contributed by atoms with Crippen LogP contribution in [0, 0.1) is 0 Å². The summed E-state index contributed by atoms with van der Waals surface area (Å²) < 4.78 is 5.58. The van der Waals surface area contributed by atoms with Gasteiger partial charge in [0, 0.05) is 10.0 Å². The highest BCUT2D eigenvalue weighted by Crippen LogP contribution is 2.34. The molecule has 2 aromatic rings. The topological polar surface area (TPSA) is 38.7 Å². The van der Waals surface area contributed by atoms with Crippen molar-refractivity contribution in [2.45, 2.75) is 0 Å². The summed E-state index contributed by atoms with van der Waals surface area (Å²) in [6, 6.07) is 11.6. The maximum absolute atomic E-state index is 10.3. The molecule has 0 bridgehead atoms. The van der Waals surface area contributed by atoms with Crippen molar-refractivity contribution in [1.82, 2.24) is 0 Å². The molecule has 0 radical (unpaired) electrons. The van der Waals surface area contributed by atoms with E-state index in [1.54, 1.807) is 36.4 Å². The molecule has 2 rings (SSSR count). The Morgan fingerprint density at radius 1 is 1.00 bits per heavy atom. The summed E-state index contributed by atoms with van der Waals surface area (Å²) in [4.78, 5) is 13.9. The first-order valence-electron chi connectivity index (χ1n) is 5.00. The Kier molecular flexibility index (Phi) is 4.00. The zero-order chi connectivity index (χ0) is 13.0. The second-order valence-corrected chi connectivity index (χ2v) is 4.24. The van der Waals surface area contributed by atoms with Gasteiger partial charge in [0.05, 0.1) is 0 Å². The number of halogens is 2. The molecule has 0 fully saturated rings. The van der Waals surface area contributed by atoms with Crippen molar-refractivity contribution < 1.29 is 9.53 Å². The summed E-state index contributed by atoms with van der Waals surface area (Å²) >= 11 is 11.6. The summed E-state index contributed by atoms with van der Waals surface area (Å²) in [7, 11) is 0. The van der Waals surface area contributed by atoms with E-state index < -0.39 is 0 Å². The van der Waals surface area contributed by atoms with Gasteiger partial charge in [0.15, 0.2) is 5.75 Å².